The first kappa shape index (κ1) is 14.0. The Hall–Kier alpha value is -1.38. The second-order valence-electron chi connectivity index (χ2n) is 4.49. The molecule has 0 aliphatic rings. The van der Waals surface area contributed by atoms with E-state index in [2.05, 4.69) is 12.2 Å². The molecule has 0 fully saturated rings. The van der Waals surface area contributed by atoms with Crippen LogP contribution in [0.4, 0.5) is 4.39 Å². The molecule has 2 rings (SSSR count). The fourth-order valence-corrected chi connectivity index (χ4v) is 2.14. The molecule has 3 heteroatoms. The van der Waals surface area contributed by atoms with E-state index in [9.17, 15) is 4.39 Å². The van der Waals surface area contributed by atoms with Crippen LogP contribution >= 0.6 is 11.6 Å². The van der Waals surface area contributed by atoms with Gasteiger partial charge in [-0.15, -0.1) is 0 Å². The minimum Gasteiger partial charge on any atom is -0.313 e. The molecule has 100 valence electrons. The number of nitrogens with one attached hydrogen (secondary N) is 1. The molecule has 19 heavy (non-hydrogen) atoms. The van der Waals surface area contributed by atoms with Crippen molar-refractivity contribution in [3.05, 3.63) is 58.9 Å². The number of hydrogen-bond acceptors (Lipinski definition) is 1. The lowest BCUT2D eigenvalue weighted by molar-refractivity contribution is 0.628. The average molecular weight is 278 g/mol. The lowest BCUT2D eigenvalue weighted by Crippen LogP contribution is -2.14. The van der Waals surface area contributed by atoms with Gasteiger partial charge in [-0.05, 0) is 53.9 Å². The largest absolute Gasteiger partial charge is 0.313 e. The fraction of sp³-hybridized carbons (Fsp3) is 0.250. The van der Waals surface area contributed by atoms with Crippen molar-refractivity contribution in [1.29, 1.82) is 0 Å². The Morgan fingerprint density at radius 2 is 1.89 bits per heavy atom. The third-order valence-corrected chi connectivity index (χ3v) is 3.31. The average Bonchev–Trinajstić information content (AvgIpc) is 2.41. The van der Waals surface area contributed by atoms with Crippen LogP contribution in [0, 0.1) is 5.82 Å². The first-order chi connectivity index (χ1) is 9.20. The van der Waals surface area contributed by atoms with Gasteiger partial charge in [0, 0.05) is 11.6 Å². The summed E-state index contributed by atoms with van der Waals surface area (Å²) in [5, 5.41) is 4.06. The molecule has 2 aromatic rings. The molecule has 0 saturated carbocycles. The van der Waals surface area contributed by atoms with Crippen LogP contribution in [0.25, 0.3) is 11.1 Å². The Balaban J connectivity index is 2.25. The van der Waals surface area contributed by atoms with E-state index in [4.69, 9.17) is 11.6 Å². The maximum Gasteiger partial charge on any atom is 0.123 e. The highest BCUT2D eigenvalue weighted by Crippen LogP contribution is 2.25. The predicted octanol–water partition coefficient (Wildman–Crippen LogP) is 4.65. The van der Waals surface area contributed by atoms with Crippen LogP contribution in [0.5, 0.6) is 0 Å². The summed E-state index contributed by atoms with van der Waals surface area (Å²) < 4.78 is 13.2. The zero-order valence-electron chi connectivity index (χ0n) is 10.9. The van der Waals surface area contributed by atoms with Crippen molar-refractivity contribution in [3.63, 3.8) is 0 Å². The first-order valence-electron chi connectivity index (χ1n) is 6.46. The van der Waals surface area contributed by atoms with Crippen LogP contribution in [0.1, 0.15) is 18.9 Å². The Morgan fingerprint density at radius 1 is 1.11 bits per heavy atom. The molecule has 0 amide bonds. The zero-order valence-corrected chi connectivity index (χ0v) is 11.7. The minimum atomic E-state index is -0.224. The van der Waals surface area contributed by atoms with Gasteiger partial charge in [-0.1, -0.05) is 36.7 Å². The van der Waals surface area contributed by atoms with E-state index in [0.29, 0.717) is 0 Å². The van der Waals surface area contributed by atoms with Gasteiger partial charge >= 0.3 is 0 Å². The smallest absolute Gasteiger partial charge is 0.123 e. The summed E-state index contributed by atoms with van der Waals surface area (Å²) in [5.41, 5.74) is 2.89. The Kier molecular flexibility index (Phi) is 4.94. The molecule has 0 radical (unpaired) electrons. The van der Waals surface area contributed by atoms with Crippen LogP contribution in [0.2, 0.25) is 5.02 Å². The maximum atomic E-state index is 13.2. The van der Waals surface area contributed by atoms with Gasteiger partial charge in [-0.3, -0.25) is 0 Å². The summed E-state index contributed by atoms with van der Waals surface area (Å²) >= 11 is 6.18. The molecular formula is C16H17ClFN. The highest BCUT2D eigenvalue weighted by molar-refractivity contribution is 6.31. The van der Waals surface area contributed by atoms with Crippen LogP contribution in [-0.2, 0) is 6.54 Å². The highest BCUT2D eigenvalue weighted by Gasteiger charge is 2.04. The molecule has 0 saturated heterocycles. The van der Waals surface area contributed by atoms with Crippen LogP contribution in [-0.4, -0.2) is 6.54 Å². The van der Waals surface area contributed by atoms with Crippen molar-refractivity contribution < 1.29 is 4.39 Å². The van der Waals surface area contributed by atoms with Gasteiger partial charge < -0.3 is 5.32 Å². The monoisotopic (exact) mass is 277 g/mol. The van der Waals surface area contributed by atoms with Crippen LogP contribution in [0.15, 0.2) is 42.5 Å². The van der Waals surface area contributed by atoms with Gasteiger partial charge in [0.25, 0.3) is 0 Å². The van der Waals surface area contributed by atoms with Gasteiger partial charge in [0.2, 0.25) is 0 Å². The van der Waals surface area contributed by atoms with E-state index < -0.39 is 0 Å². The second-order valence-corrected chi connectivity index (χ2v) is 4.90. The lowest BCUT2D eigenvalue weighted by Gasteiger charge is -2.09. The molecule has 1 nitrogen and oxygen atoms in total. The lowest BCUT2D eigenvalue weighted by atomic mass is 10.0. The summed E-state index contributed by atoms with van der Waals surface area (Å²) in [5.74, 6) is -0.224. The van der Waals surface area contributed by atoms with Gasteiger partial charge in [0.1, 0.15) is 5.82 Å². The van der Waals surface area contributed by atoms with E-state index in [-0.39, 0.29) is 5.82 Å². The van der Waals surface area contributed by atoms with Crippen LogP contribution < -0.4 is 5.32 Å². The minimum absolute atomic E-state index is 0.224. The summed E-state index contributed by atoms with van der Waals surface area (Å²) in [6.07, 6.45) is 1.08. The molecular weight excluding hydrogens is 261 g/mol. The fourth-order valence-electron chi connectivity index (χ4n) is 1.96. The third kappa shape index (κ3) is 3.79. The summed E-state index contributed by atoms with van der Waals surface area (Å²) in [4.78, 5) is 0. The second kappa shape index (κ2) is 6.69. The number of benzene rings is 2. The Morgan fingerprint density at radius 3 is 2.63 bits per heavy atom. The quantitative estimate of drug-likeness (QED) is 0.785. The Labute approximate surface area is 118 Å². The molecule has 0 aliphatic heterocycles. The summed E-state index contributed by atoms with van der Waals surface area (Å²) in [6.45, 7) is 3.81. The third-order valence-electron chi connectivity index (χ3n) is 2.95. The normalized spacial score (nSPS) is 10.7. The highest BCUT2D eigenvalue weighted by atomic mass is 35.5. The standard InChI is InChI=1S/C16H17ClFN/c1-2-8-19-11-14-9-13(6-7-16(14)17)12-4-3-5-15(18)10-12/h3-7,9-10,19H,2,8,11H2,1H3. The summed E-state index contributed by atoms with van der Waals surface area (Å²) in [6, 6.07) is 12.4. The van der Waals surface area contributed by atoms with Gasteiger partial charge in [-0.2, -0.15) is 0 Å². The van der Waals surface area contributed by atoms with Gasteiger partial charge in [-0.25, -0.2) is 4.39 Å². The number of hydrogen-bond donors (Lipinski definition) is 1. The van der Waals surface area contributed by atoms with Crippen molar-refractivity contribution in [1.82, 2.24) is 5.32 Å². The molecule has 0 bridgehead atoms. The molecule has 0 unspecified atom stereocenters. The molecule has 1 N–H and O–H groups in total. The van der Waals surface area contributed by atoms with Crippen molar-refractivity contribution in [2.45, 2.75) is 19.9 Å². The number of halogens is 2. The molecule has 0 aliphatic carbocycles. The van der Waals surface area contributed by atoms with E-state index in [0.717, 1.165) is 41.2 Å². The molecule has 0 aromatic heterocycles. The molecule has 2 aromatic carbocycles. The number of rotatable bonds is 5. The van der Waals surface area contributed by atoms with E-state index in [1.165, 1.54) is 12.1 Å². The van der Waals surface area contributed by atoms with E-state index in [1.54, 1.807) is 6.07 Å². The van der Waals surface area contributed by atoms with Crippen molar-refractivity contribution in [3.8, 4) is 11.1 Å². The first-order valence-corrected chi connectivity index (χ1v) is 6.83. The van der Waals surface area contributed by atoms with Crippen molar-refractivity contribution in [2.24, 2.45) is 0 Å². The zero-order chi connectivity index (χ0) is 13.7. The van der Waals surface area contributed by atoms with E-state index >= 15 is 0 Å². The topological polar surface area (TPSA) is 12.0 Å². The molecule has 0 atom stereocenters. The van der Waals surface area contributed by atoms with E-state index in [1.807, 2.05) is 24.3 Å². The molecule has 0 spiro atoms. The van der Waals surface area contributed by atoms with Crippen molar-refractivity contribution >= 4 is 11.6 Å². The van der Waals surface area contributed by atoms with Gasteiger partial charge in [0.05, 0.1) is 0 Å². The summed E-state index contributed by atoms with van der Waals surface area (Å²) in [7, 11) is 0. The van der Waals surface area contributed by atoms with Crippen LogP contribution in [0.3, 0.4) is 0 Å². The molecule has 0 heterocycles. The Bertz CT molecular complexity index is 554. The SMILES string of the molecule is CCCNCc1cc(-c2cccc(F)c2)ccc1Cl. The predicted molar refractivity (Wildman–Crippen MR) is 78.8 cm³/mol. The van der Waals surface area contributed by atoms with Crippen molar-refractivity contribution in [2.75, 3.05) is 6.54 Å². The maximum absolute atomic E-state index is 13.2. The van der Waals surface area contributed by atoms with Gasteiger partial charge in [0.15, 0.2) is 0 Å².